The molecule has 1 aromatic heterocycles. The van der Waals surface area contributed by atoms with E-state index in [0.717, 1.165) is 18.9 Å². The van der Waals surface area contributed by atoms with Crippen LogP contribution in [0.2, 0.25) is 0 Å². The normalized spacial score (nSPS) is 17.9. The molecule has 5 heteroatoms. The van der Waals surface area contributed by atoms with Gasteiger partial charge in [0, 0.05) is 19.2 Å². The van der Waals surface area contributed by atoms with Crippen LogP contribution in [0.25, 0.3) is 0 Å². The first kappa shape index (κ1) is 11.0. The topological polar surface area (TPSA) is 81.1 Å². The van der Waals surface area contributed by atoms with Gasteiger partial charge < -0.3 is 16.4 Å². The number of anilines is 3. The molecule has 4 N–H and O–H groups in total. The van der Waals surface area contributed by atoms with Gasteiger partial charge in [0.2, 0.25) is 5.95 Å². The standard InChI is InChI=1S/C11H19N5/c12-9-8-10(15-11(13)14-9)16-6-4-2-1-3-5-7-16/h8H,1-7H2,(H4,12,13,14,15). The summed E-state index contributed by atoms with van der Waals surface area (Å²) in [4.78, 5) is 10.4. The highest BCUT2D eigenvalue weighted by molar-refractivity contribution is 5.50. The van der Waals surface area contributed by atoms with Crippen molar-refractivity contribution in [1.82, 2.24) is 9.97 Å². The Labute approximate surface area is 95.9 Å². The van der Waals surface area contributed by atoms with Crippen LogP contribution < -0.4 is 16.4 Å². The van der Waals surface area contributed by atoms with E-state index in [1.165, 1.54) is 32.1 Å². The van der Waals surface area contributed by atoms with E-state index in [2.05, 4.69) is 14.9 Å². The van der Waals surface area contributed by atoms with Crippen molar-refractivity contribution in [2.45, 2.75) is 32.1 Å². The Morgan fingerprint density at radius 2 is 1.56 bits per heavy atom. The van der Waals surface area contributed by atoms with Gasteiger partial charge in [-0.25, -0.2) is 0 Å². The molecule has 0 amide bonds. The zero-order chi connectivity index (χ0) is 11.4. The molecule has 0 unspecified atom stereocenters. The van der Waals surface area contributed by atoms with Crippen LogP contribution in [-0.2, 0) is 0 Å². The lowest BCUT2D eigenvalue weighted by molar-refractivity contribution is 0.554. The highest BCUT2D eigenvalue weighted by Crippen LogP contribution is 2.19. The molecule has 1 aliphatic rings. The smallest absolute Gasteiger partial charge is 0.223 e. The first-order chi connectivity index (χ1) is 7.75. The van der Waals surface area contributed by atoms with Gasteiger partial charge in [0.15, 0.2) is 0 Å². The van der Waals surface area contributed by atoms with E-state index in [4.69, 9.17) is 11.5 Å². The lowest BCUT2D eigenvalue weighted by Crippen LogP contribution is -2.28. The SMILES string of the molecule is Nc1cc(N2CCCCCCC2)nc(N)n1. The van der Waals surface area contributed by atoms with Crippen molar-refractivity contribution in [3.05, 3.63) is 6.07 Å². The van der Waals surface area contributed by atoms with Crippen molar-refractivity contribution in [2.24, 2.45) is 0 Å². The summed E-state index contributed by atoms with van der Waals surface area (Å²) in [5, 5.41) is 0. The Morgan fingerprint density at radius 1 is 0.938 bits per heavy atom. The Balaban J connectivity index is 2.13. The number of nitrogens with two attached hydrogens (primary N) is 2. The lowest BCUT2D eigenvalue weighted by Gasteiger charge is -2.25. The Morgan fingerprint density at radius 3 is 2.19 bits per heavy atom. The van der Waals surface area contributed by atoms with E-state index in [1.54, 1.807) is 6.07 Å². The fourth-order valence-electron chi connectivity index (χ4n) is 2.11. The van der Waals surface area contributed by atoms with E-state index >= 15 is 0 Å². The number of nitrogen functional groups attached to an aromatic ring is 2. The summed E-state index contributed by atoms with van der Waals surface area (Å²) in [5.74, 6) is 1.58. The maximum absolute atomic E-state index is 5.68. The monoisotopic (exact) mass is 221 g/mol. The van der Waals surface area contributed by atoms with Crippen molar-refractivity contribution in [2.75, 3.05) is 29.5 Å². The minimum Gasteiger partial charge on any atom is -0.383 e. The molecule has 2 heterocycles. The Kier molecular flexibility index (Phi) is 3.44. The molecule has 0 saturated carbocycles. The van der Waals surface area contributed by atoms with Crippen molar-refractivity contribution in [3.8, 4) is 0 Å². The fraction of sp³-hybridized carbons (Fsp3) is 0.636. The van der Waals surface area contributed by atoms with Crippen LogP contribution in [0, 0.1) is 0 Å². The summed E-state index contributed by atoms with van der Waals surface area (Å²) in [6.45, 7) is 2.08. The molecule has 2 rings (SSSR count). The van der Waals surface area contributed by atoms with Crippen LogP contribution in [0.15, 0.2) is 6.07 Å². The minimum atomic E-state index is 0.261. The predicted octanol–water partition coefficient (Wildman–Crippen LogP) is 1.41. The van der Waals surface area contributed by atoms with E-state index in [1.807, 2.05) is 0 Å². The molecular weight excluding hydrogens is 202 g/mol. The van der Waals surface area contributed by atoms with Gasteiger partial charge in [0.25, 0.3) is 0 Å². The maximum Gasteiger partial charge on any atom is 0.223 e. The number of hydrogen-bond acceptors (Lipinski definition) is 5. The third kappa shape index (κ3) is 2.74. The Bertz CT molecular complexity index is 324. The molecule has 88 valence electrons. The predicted molar refractivity (Wildman–Crippen MR) is 66.2 cm³/mol. The summed E-state index contributed by atoms with van der Waals surface area (Å²) in [7, 11) is 0. The molecule has 0 spiro atoms. The molecule has 0 aromatic carbocycles. The molecule has 1 aromatic rings. The maximum atomic E-state index is 5.68. The van der Waals surface area contributed by atoms with Crippen LogP contribution in [-0.4, -0.2) is 23.1 Å². The first-order valence-corrected chi connectivity index (χ1v) is 5.91. The zero-order valence-electron chi connectivity index (χ0n) is 9.52. The average Bonchev–Trinajstić information content (AvgIpc) is 2.14. The van der Waals surface area contributed by atoms with Crippen LogP contribution in [0.4, 0.5) is 17.6 Å². The number of hydrogen-bond donors (Lipinski definition) is 2. The van der Waals surface area contributed by atoms with Crippen molar-refractivity contribution in [1.29, 1.82) is 0 Å². The summed E-state index contributed by atoms with van der Waals surface area (Å²) < 4.78 is 0. The molecule has 0 radical (unpaired) electrons. The number of nitrogens with zero attached hydrogens (tertiary/aromatic N) is 3. The van der Waals surface area contributed by atoms with Gasteiger partial charge in [0.1, 0.15) is 11.6 Å². The third-order valence-electron chi connectivity index (χ3n) is 2.93. The second-order valence-corrected chi connectivity index (χ2v) is 4.26. The molecule has 1 aliphatic heterocycles. The summed E-state index contributed by atoms with van der Waals surface area (Å²) >= 11 is 0. The van der Waals surface area contributed by atoms with Crippen molar-refractivity contribution in [3.63, 3.8) is 0 Å². The second-order valence-electron chi connectivity index (χ2n) is 4.26. The van der Waals surface area contributed by atoms with Gasteiger partial charge >= 0.3 is 0 Å². The van der Waals surface area contributed by atoms with Gasteiger partial charge in [-0.05, 0) is 12.8 Å². The largest absolute Gasteiger partial charge is 0.383 e. The third-order valence-corrected chi connectivity index (χ3v) is 2.93. The quantitative estimate of drug-likeness (QED) is 0.749. The van der Waals surface area contributed by atoms with E-state index in [0.29, 0.717) is 5.82 Å². The molecule has 0 bridgehead atoms. The van der Waals surface area contributed by atoms with Crippen LogP contribution in [0.5, 0.6) is 0 Å². The number of aromatic nitrogens is 2. The van der Waals surface area contributed by atoms with Gasteiger partial charge in [-0.15, -0.1) is 0 Å². The zero-order valence-corrected chi connectivity index (χ0v) is 9.52. The molecular formula is C11H19N5. The molecule has 0 atom stereocenters. The molecule has 0 aliphatic carbocycles. The first-order valence-electron chi connectivity index (χ1n) is 5.91. The van der Waals surface area contributed by atoms with Crippen LogP contribution in [0.1, 0.15) is 32.1 Å². The fourth-order valence-corrected chi connectivity index (χ4v) is 2.11. The number of rotatable bonds is 1. The van der Waals surface area contributed by atoms with Crippen LogP contribution in [0.3, 0.4) is 0 Å². The van der Waals surface area contributed by atoms with E-state index < -0.39 is 0 Å². The summed E-state index contributed by atoms with van der Waals surface area (Å²) in [6, 6.07) is 1.80. The molecule has 1 saturated heterocycles. The molecule has 1 fully saturated rings. The van der Waals surface area contributed by atoms with Crippen molar-refractivity contribution >= 4 is 17.6 Å². The molecule has 16 heavy (non-hydrogen) atoms. The average molecular weight is 221 g/mol. The van der Waals surface area contributed by atoms with Gasteiger partial charge in [-0.1, -0.05) is 19.3 Å². The van der Waals surface area contributed by atoms with Crippen LogP contribution >= 0.6 is 0 Å². The van der Waals surface area contributed by atoms with E-state index in [9.17, 15) is 0 Å². The highest BCUT2D eigenvalue weighted by Gasteiger charge is 2.11. The van der Waals surface area contributed by atoms with Gasteiger partial charge in [-0.2, -0.15) is 9.97 Å². The summed E-state index contributed by atoms with van der Waals surface area (Å²) in [6.07, 6.45) is 6.37. The van der Waals surface area contributed by atoms with E-state index in [-0.39, 0.29) is 5.95 Å². The van der Waals surface area contributed by atoms with Gasteiger partial charge in [0.05, 0.1) is 0 Å². The van der Waals surface area contributed by atoms with Crippen molar-refractivity contribution < 1.29 is 0 Å². The highest BCUT2D eigenvalue weighted by atomic mass is 15.2. The minimum absolute atomic E-state index is 0.261. The van der Waals surface area contributed by atoms with Gasteiger partial charge in [-0.3, -0.25) is 0 Å². The summed E-state index contributed by atoms with van der Waals surface area (Å²) in [5.41, 5.74) is 11.3. The molecule has 5 nitrogen and oxygen atoms in total. The Hall–Kier alpha value is -1.52. The second kappa shape index (κ2) is 5.01. The lowest BCUT2D eigenvalue weighted by atomic mass is 10.1.